The molecular formula is C12H18N2O4S. The van der Waals surface area contributed by atoms with Gasteiger partial charge in [0, 0.05) is 25.7 Å². The summed E-state index contributed by atoms with van der Waals surface area (Å²) in [5.74, 6) is 0.544. The number of hydrogen-bond donors (Lipinski definition) is 1. The van der Waals surface area contributed by atoms with E-state index in [0.29, 0.717) is 11.4 Å². The third-order valence-electron chi connectivity index (χ3n) is 2.46. The van der Waals surface area contributed by atoms with Crippen LogP contribution in [0.2, 0.25) is 0 Å². The highest BCUT2D eigenvalue weighted by molar-refractivity contribution is 7.88. The molecule has 6 nitrogen and oxygen atoms in total. The van der Waals surface area contributed by atoms with Crippen molar-refractivity contribution in [1.29, 1.82) is 0 Å². The Bertz CT molecular complexity index is 525. The first-order chi connectivity index (χ1) is 8.83. The number of sulfonamides is 1. The molecule has 0 aromatic heterocycles. The molecular weight excluding hydrogens is 268 g/mol. The Morgan fingerprint density at radius 1 is 1.32 bits per heavy atom. The number of nitrogens with zero attached hydrogens (tertiary/aromatic N) is 1. The van der Waals surface area contributed by atoms with Gasteiger partial charge in [0.2, 0.25) is 15.9 Å². The molecule has 1 aromatic rings. The Morgan fingerprint density at radius 3 is 2.32 bits per heavy atom. The summed E-state index contributed by atoms with van der Waals surface area (Å²) in [4.78, 5) is 13.1. The monoisotopic (exact) mass is 286 g/mol. The molecule has 0 unspecified atom stereocenters. The zero-order chi connectivity index (χ0) is 14.5. The highest BCUT2D eigenvalue weighted by atomic mass is 32.2. The zero-order valence-electron chi connectivity index (χ0n) is 11.2. The Labute approximate surface area is 113 Å². The maximum absolute atomic E-state index is 11.6. The van der Waals surface area contributed by atoms with Gasteiger partial charge in [0.15, 0.2) is 0 Å². The summed E-state index contributed by atoms with van der Waals surface area (Å²) >= 11 is 0. The van der Waals surface area contributed by atoms with Crippen LogP contribution in [0.1, 0.15) is 6.92 Å². The van der Waals surface area contributed by atoms with Crippen LogP contribution < -0.4 is 14.4 Å². The van der Waals surface area contributed by atoms with Gasteiger partial charge in [-0.25, -0.2) is 13.1 Å². The molecule has 0 spiro atoms. The molecule has 0 radical (unpaired) electrons. The van der Waals surface area contributed by atoms with Crippen molar-refractivity contribution in [1.82, 2.24) is 4.72 Å². The van der Waals surface area contributed by atoms with Crippen molar-refractivity contribution in [2.24, 2.45) is 0 Å². The molecule has 106 valence electrons. The number of carbonyl (C=O) groups is 1. The van der Waals surface area contributed by atoms with E-state index < -0.39 is 10.0 Å². The van der Waals surface area contributed by atoms with Gasteiger partial charge in [-0.05, 0) is 24.3 Å². The Hall–Kier alpha value is -1.60. The van der Waals surface area contributed by atoms with Crippen LogP contribution in [0.4, 0.5) is 5.69 Å². The van der Waals surface area contributed by atoms with E-state index in [1.807, 2.05) is 0 Å². The van der Waals surface area contributed by atoms with E-state index in [-0.39, 0.29) is 19.0 Å². The van der Waals surface area contributed by atoms with Gasteiger partial charge in [-0.1, -0.05) is 0 Å². The lowest BCUT2D eigenvalue weighted by molar-refractivity contribution is -0.116. The summed E-state index contributed by atoms with van der Waals surface area (Å²) in [6, 6.07) is 6.99. The van der Waals surface area contributed by atoms with Crippen LogP contribution >= 0.6 is 0 Å². The maximum Gasteiger partial charge on any atom is 0.223 e. The number of methoxy groups -OCH3 is 1. The second-order valence-electron chi connectivity index (χ2n) is 4.04. The predicted molar refractivity (Wildman–Crippen MR) is 73.9 cm³/mol. The number of anilines is 1. The van der Waals surface area contributed by atoms with Gasteiger partial charge < -0.3 is 9.64 Å². The van der Waals surface area contributed by atoms with Crippen molar-refractivity contribution >= 4 is 21.6 Å². The highest BCUT2D eigenvalue weighted by Gasteiger charge is 2.12. The van der Waals surface area contributed by atoms with Crippen LogP contribution in [0.3, 0.4) is 0 Å². The van der Waals surface area contributed by atoms with Crippen LogP contribution in [0, 0.1) is 0 Å². The number of hydrogen-bond acceptors (Lipinski definition) is 4. The number of nitrogens with one attached hydrogen (secondary N) is 1. The first-order valence-corrected chi connectivity index (χ1v) is 7.59. The summed E-state index contributed by atoms with van der Waals surface area (Å²) in [6.07, 6.45) is 1.08. The lowest BCUT2D eigenvalue weighted by atomic mass is 10.2. The summed E-state index contributed by atoms with van der Waals surface area (Å²) in [6.45, 7) is 1.88. The lowest BCUT2D eigenvalue weighted by Gasteiger charge is -2.21. The first kappa shape index (κ1) is 15.5. The zero-order valence-corrected chi connectivity index (χ0v) is 12.0. The Kier molecular flexibility index (Phi) is 5.31. The van der Waals surface area contributed by atoms with Crippen molar-refractivity contribution in [2.45, 2.75) is 6.92 Å². The number of carbonyl (C=O) groups excluding carboxylic acids is 1. The molecule has 0 fully saturated rings. The van der Waals surface area contributed by atoms with Gasteiger partial charge in [-0.15, -0.1) is 0 Å². The normalized spacial score (nSPS) is 11.1. The first-order valence-electron chi connectivity index (χ1n) is 5.70. The average molecular weight is 286 g/mol. The van der Waals surface area contributed by atoms with Crippen molar-refractivity contribution in [2.75, 3.05) is 31.4 Å². The smallest absolute Gasteiger partial charge is 0.223 e. The van der Waals surface area contributed by atoms with E-state index >= 15 is 0 Å². The molecule has 7 heteroatoms. The van der Waals surface area contributed by atoms with Crippen molar-refractivity contribution in [3.8, 4) is 5.75 Å². The predicted octanol–water partition coefficient (Wildman–Crippen LogP) is 0.597. The lowest BCUT2D eigenvalue weighted by Crippen LogP contribution is -2.37. The molecule has 0 saturated carbocycles. The third-order valence-corrected chi connectivity index (χ3v) is 3.19. The molecule has 19 heavy (non-hydrogen) atoms. The number of rotatable bonds is 6. The van der Waals surface area contributed by atoms with E-state index in [1.54, 1.807) is 31.4 Å². The number of benzene rings is 1. The largest absolute Gasteiger partial charge is 0.497 e. The van der Waals surface area contributed by atoms with E-state index in [4.69, 9.17) is 4.74 Å². The molecule has 0 atom stereocenters. The summed E-state index contributed by atoms with van der Waals surface area (Å²) < 4.78 is 29.3. The minimum atomic E-state index is -3.25. The summed E-state index contributed by atoms with van der Waals surface area (Å²) in [5, 5.41) is 0. The van der Waals surface area contributed by atoms with Crippen LogP contribution in [0.5, 0.6) is 5.75 Å². The fraction of sp³-hybridized carbons (Fsp3) is 0.417. The molecule has 1 aromatic carbocycles. The molecule has 0 aliphatic heterocycles. The maximum atomic E-state index is 11.6. The molecule has 0 bridgehead atoms. The van der Waals surface area contributed by atoms with Gasteiger partial charge in [0.05, 0.1) is 13.4 Å². The van der Waals surface area contributed by atoms with Crippen molar-refractivity contribution < 1.29 is 17.9 Å². The fourth-order valence-electron chi connectivity index (χ4n) is 1.57. The van der Waals surface area contributed by atoms with Gasteiger partial charge in [0.1, 0.15) is 5.75 Å². The van der Waals surface area contributed by atoms with Gasteiger partial charge in [-0.3, -0.25) is 4.79 Å². The molecule has 0 aliphatic carbocycles. The second-order valence-corrected chi connectivity index (χ2v) is 5.87. The van der Waals surface area contributed by atoms with Crippen molar-refractivity contribution in [3.63, 3.8) is 0 Å². The van der Waals surface area contributed by atoms with Crippen LogP contribution in [0.15, 0.2) is 24.3 Å². The topological polar surface area (TPSA) is 75.7 Å². The third kappa shape index (κ3) is 5.27. The minimum absolute atomic E-state index is 0.152. The van der Waals surface area contributed by atoms with E-state index in [9.17, 15) is 13.2 Å². The van der Waals surface area contributed by atoms with E-state index in [1.165, 1.54) is 11.8 Å². The standard InChI is InChI=1S/C12H18N2O4S/c1-10(15)14(9-8-13-19(3,16)17)11-4-6-12(18-2)7-5-11/h4-7,13H,8-9H2,1-3H3. The van der Waals surface area contributed by atoms with Crippen LogP contribution in [-0.4, -0.2) is 40.8 Å². The van der Waals surface area contributed by atoms with E-state index in [0.717, 1.165) is 6.26 Å². The van der Waals surface area contributed by atoms with Gasteiger partial charge in [-0.2, -0.15) is 0 Å². The highest BCUT2D eigenvalue weighted by Crippen LogP contribution is 2.19. The average Bonchev–Trinajstić information content (AvgIpc) is 2.33. The fourth-order valence-corrected chi connectivity index (χ4v) is 2.04. The van der Waals surface area contributed by atoms with Crippen LogP contribution in [0.25, 0.3) is 0 Å². The molecule has 0 heterocycles. The molecule has 1 amide bonds. The summed E-state index contributed by atoms with van der Waals surface area (Å²) in [7, 11) is -1.68. The van der Waals surface area contributed by atoms with Crippen LogP contribution in [-0.2, 0) is 14.8 Å². The Balaban J connectivity index is 2.74. The molecule has 1 rings (SSSR count). The van der Waals surface area contributed by atoms with Gasteiger partial charge >= 0.3 is 0 Å². The SMILES string of the molecule is COc1ccc(N(CCNS(C)(=O)=O)C(C)=O)cc1. The quantitative estimate of drug-likeness (QED) is 0.831. The molecule has 1 N–H and O–H groups in total. The van der Waals surface area contributed by atoms with E-state index in [2.05, 4.69) is 4.72 Å². The molecule has 0 aliphatic rings. The number of ether oxygens (including phenoxy) is 1. The number of amides is 1. The summed E-state index contributed by atoms with van der Waals surface area (Å²) in [5.41, 5.74) is 0.698. The minimum Gasteiger partial charge on any atom is -0.497 e. The second kappa shape index (κ2) is 6.53. The van der Waals surface area contributed by atoms with Gasteiger partial charge in [0.25, 0.3) is 0 Å². The Morgan fingerprint density at radius 2 is 1.89 bits per heavy atom. The van der Waals surface area contributed by atoms with Crippen molar-refractivity contribution in [3.05, 3.63) is 24.3 Å². The molecule has 0 saturated heterocycles.